The lowest BCUT2D eigenvalue weighted by Gasteiger charge is -2.39. The topological polar surface area (TPSA) is 262 Å². The molecule has 3 aliphatic carbocycles. The van der Waals surface area contributed by atoms with Crippen LogP contribution in [0.5, 0.6) is 0 Å². The summed E-state index contributed by atoms with van der Waals surface area (Å²) in [7, 11) is 0. The van der Waals surface area contributed by atoms with Gasteiger partial charge in [-0.1, -0.05) is 142 Å². The van der Waals surface area contributed by atoms with Gasteiger partial charge in [0.15, 0.2) is 0 Å². The summed E-state index contributed by atoms with van der Waals surface area (Å²) >= 11 is 38.2. The minimum Gasteiger partial charge on any atom is -0.478 e. The highest BCUT2D eigenvalue weighted by Crippen LogP contribution is 2.68. The molecule has 12 heterocycles. The maximum atomic E-state index is 16.1. The summed E-state index contributed by atoms with van der Waals surface area (Å²) in [4.78, 5) is 85.5. The summed E-state index contributed by atoms with van der Waals surface area (Å²) in [6, 6.07) is 44.6. The number of amides is 3. The van der Waals surface area contributed by atoms with Gasteiger partial charge in [-0.3, -0.25) is 43.1 Å². The summed E-state index contributed by atoms with van der Waals surface area (Å²) in [5, 5.41) is 57.1. The van der Waals surface area contributed by atoms with E-state index in [0.717, 1.165) is 108 Å². The van der Waals surface area contributed by atoms with Crippen molar-refractivity contribution in [3.8, 4) is 0 Å². The summed E-state index contributed by atoms with van der Waals surface area (Å²) in [5.74, 6) is -5.97. The molecular weight excluding hydrogens is 1700 g/mol. The number of nitrogens with one attached hydrogen (secondary N) is 3. The fraction of sp³-hybridized carbons (Fsp3) is 0.323. The van der Waals surface area contributed by atoms with Crippen LogP contribution in [0.3, 0.4) is 0 Å². The Balaban J connectivity index is 0.000000110. The van der Waals surface area contributed by atoms with E-state index in [0.29, 0.717) is 122 Å². The number of hydrogen-bond donors (Lipinski definition) is 6. The number of halogens is 9. The molecule has 3 saturated carbocycles. The molecule has 3 spiro atoms. The van der Waals surface area contributed by atoms with E-state index in [2.05, 4.69) is 30.7 Å². The van der Waals surface area contributed by atoms with Crippen LogP contribution in [0.15, 0.2) is 164 Å². The van der Waals surface area contributed by atoms with Crippen LogP contribution in [-0.4, -0.2) is 133 Å². The van der Waals surface area contributed by atoms with Crippen LogP contribution in [0.2, 0.25) is 30.1 Å². The van der Waals surface area contributed by atoms with Gasteiger partial charge in [-0.15, -0.1) is 0 Å². The first-order chi connectivity index (χ1) is 59.4. The molecule has 30 heteroatoms. The number of aromatic nitrogens is 6. The summed E-state index contributed by atoms with van der Waals surface area (Å²) < 4.78 is 54.3. The number of likely N-dealkylation sites (tertiary alicyclic amines) is 3. The fourth-order valence-electron chi connectivity index (χ4n) is 23.1. The van der Waals surface area contributed by atoms with Crippen LogP contribution in [0.25, 0.3) is 32.7 Å². The average molecular weight is 1770 g/mol. The zero-order valence-corrected chi connectivity index (χ0v) is 69.9. The van der Waals surface area contributed by atoms with Crippen molar-refractivity contribution in [2.75, 3.05) is 35.6 Å². The number of anilines is 3. The van der Waals surface area contributed by atoms with E-state index in [4.69, 9.17) is 84.9 Å². The Hall–Kier alpha value is -10.4. The van der Waals surface area contributed by atoms with Crippen molar-refractivity contribution in [3.05, 3.63) is 279 Å². The molecule has 3 aromatic heterocycles. The highest BCUT2D eigenvalue weighted by molar-refractivity contribution is 6.33. The Labute approximate surface area is 730 Å². The number of carbonyl (C=O) groups is 6. The second-order valence-electron chi connectivity index (χ2n) is 35.0. The molecule has 12 aromatic rings. The van der Waals surface area contributed by atoms with Gasteiger partial charge in [-0.25, -0.2) is 27.6 Å². The molecule has 3 amide bonds. The van der Waals surface area contributed by atoms with Crippen molar-refractivity contribution in [1.29, 1.82) is 0 Å². The molecule has 624 valence electrons. The first-order valence-electron chi connectivity index (χ1n) is 41.6. The standard InChI is InChI=1S/3C31H25Cl2FN4O3/c3*32-17-7-9-20-23(13-17)35-30(41)31(20)26(19-2-1-3-21(33)27(19)34)28-25(37(31)14-15-4-5-15)11-10-24-18-8-6-16(29(39)40)12-22(18)36-38(24)28/h3*1-3,6-9,12-13,15,25-26,28H,4-5,10-11,14H2,(H,35,41)(H,39,40)/t3*25-,26-,28+,31+/m100/s1. The molecule has 123 heavy (non-hydrogen) atoms. The molecule has 9 aliphatic heterocycles. The van der Waals surface area contributed by atoms with Gasteiger partial charge in [0.05, 0.1) is 66.4 Å². The number of carboxylic acids is 3. The van der Waals surface area contributed by atoms with E-state index in [-0.39, 0.29) is 67.6 Å². The van der Waals surface area contributed by atoms with Crippen LogP contribution in [-0.2, 0) is 50.3 Å². The monoisotopic (exact) mass is 1770 g/mol. The minimum absolute atomic E-state index is 0.00247. The van der Waals surface area contributed by atoms with Gasteiger partial charge >= 0.3 is 17.9 Å². The lowest BCUT2D eigenvalue weighted by molar-refractivity contribution is -0.128. The molecule has 9 aromatic carbocycles. The largest absolute Gasteiger partial charge is 0.478 e. The third-order valence-electron chi connectivity index (χ3n) is 28.5. The Bertz CT molecular complexity index is 6030. The van der Waals surface area contributed by atoms with Crippen LogP contribution in [0, 0.1) is 35.2 Å². The number of aryl methyl sites for hydroxylation is 3. The normalized spacial score (nSPS) is 26.7. The highest BCUT2D eigenvalue weighted by atomic mass is 35.5. The zero-order chi connectivity index (χ0) is 84.6. The molecule has 24 rings (SSSR count). The number of hydrogen-bond acceptors (Lipinski definition) is 12. The first-order valence-corrected chi connectivity index (χ1v) is 43.8. The molecule has 0 bridgehead atoms. The number of benzene rings is 9. The Morgan fingerprint density at radius 2 is 0.650 bits per heavy atom. The molecule has 12 atom stereocenters. The molecule has 12 aliphatic rings. The number of carboxylic acid groups (broad SMARTS) is 3. The summed E-state index contributed by atoms with van der Waals surface area (Å²) in [5.41, 5.74) is 6.74. The molecule has 6 fully saturated rings. The van der Waals surface area contributed by atoms with Crippen LogP contribution in [0.4, 0.5) is 30.2 Å². The lowest BCUT2D eigenvalue weighted by Crippen LogP contribution is -2.52. The number of fused-ring (bicyclic) bond motifs is 21. The molecule has 3 saturated heterocycles. The van der Waals surface area contributed by atoms with Crippen molar-refractivity contribution in [2.24, 2.45) is 17.8 Å². The summed E-state index contributed by atoms with van der Waals surface area (Å²) in [6.45, 7) is 2.11. The smallest absolute Gasteiger partial charge is 0.335 e. The lowest BCUT2D eigenvalue weighted by atomic mass is 9.73. The molecule has 21 nitrogen and oxygen atoms in total. The van der Waals surface area contributed by atoms with Crippen LogP contribution >= 0.6 is 69.6 Å². The quantitative estimate of drug-likeness (QED) is 0.0664. The van der Waals surface area contributed by atoms with Gasteiger partial charge in [-0.05, 0) is 202 Å². The highest BCUT2D eigenvalue weighted by Gasteiger charge is 2.73. The zero-order valence-electron chi connectivity index (χ0n) is 65.3. The van der Waals surface area contributed by atoms with E-state index < -0.39 is 87.9 Å². The SMILES string of the molecule is O=C(O)c1ccc2c3n(nc2c1)[C@@H]1[C@H](CC3)N(CC2CC2)[C@@]2(C(=O)Nc3cc(Cl)ccc32)[C@H]1c1cccc(Cl)c1F.O=C(O)c1ccc2c3n(nc2c1)[C@@H]1[C@H](CC3)N(CC2CC2)[C@@]2(C(=O)Nc3cc(Cl)ccc32)[C@H]1c1cccc(Cl)c1F.O=C(O)c1ccc2c3n(nc2c1)[C@H]1[C@@H](CC3)N(CC2CC2)[C@]2(C(=O)Nc3cc(Cl)ccc32)[C@@H]1c1cccc(Cl)c1F. The average Bonchev–Trinajstić information content (AvgIpc) is 1.52. The third kappa shape index (κ3) is 11.8. The van der Waals surface area contributed by atoms with Crippen molar-refractivity contribution in [1.82, 2.24) is 44.0 Å². The van der Waals surface area contributed by atoms with Gasteiger partial charge in [0.1, 0.15) is 34.1 Å². The van der Waals surface area contributed by atoms with E-state index in [1.165, 1.54) is 18.2 Å². The predicted molar refractivity (Wildman–Crippen MR) is 460 cm³/mol. The Morgan fingerprint density at radius 3 is 0.911 bits per heavy atom. The van der Waals surface area contributed by atoms with Crippen molar-refractivity contribution >= 4 is 155 Å². The number of nitrogens with zero attached hydrogens (tertiary/aromatic N) is 9. The number of rotatable bonds is 12. The molecule has 6 N–H and O–H groups in total. The second-order valence-corrected chi connectivity index (χ2v) is 37.5. The molecule has 0 unspecified atom stereocenters. The van der Waals surface area contributed by atoms with Gasteiger partial charge < -0.3 is 31.3 Å². The van der Waals surface area contributed by atoms with Gasteiger partial charge in [0, 0.05) is 138 Å². The van der Waals surface area contributed by atoms with Crippen molar-refractivity contribution < 1.29 is 57.3 Å². The fourth-order valence-corrected chi connectivity index (χ4v) is 24.2. The molecular formula is C93H75Cl6F3N12O9. The van der Waals surface area contributed by atoms with Crippen molar-refractivity contribution in [3.63, 3.8) is 0 Å². The van der Waals surface area contributed by atoms with Gasteiger partial charge in [-0.2, -0.15) is 15.3 Å². The van der Waals surface area contributed by atoms with E-state index in [1.54, 1.807) is 127 Å². The predicted octanol–water partition coefficient (Wildman–Crippen LogP) is 19.2. The van der Waals surface area contributed by atoms with E-state index in [1.807, 2.05) is 32.2 Å². The third-order valence-corrected chi connectivity index (χ3v) is 30.1. The number of aromatic carboxylic acids is 3. The van der Waals surface area contributed by atoms with Gasteiger partial charge in [0.25, 0.3) is 0 Å². The Kier molecular flexibility index (Phi) is 18.4. The van der Waals surface area contributed by atoms with E-state index in [9.17, 15) is 44.1 Å². The summed E-state index contributed by atoms with van der Waals surface area (Å²) in [6.07, 6.45) is 10.8. The first kappa shape index (κ1) is 78.6. The minimum atomic E-state index is -1.21. The maximum Gasteiger partial charge on any atom is 0.335 e. The number of carbonyl (C=O) groups excluding carboxylic acids is 3. The second kappa shape index (κ2) is 28.8. The van der Waals surface area contributed by atoms with Crippen LogP contribution < -0.4 is 16.0 Å². The van der Waals surface area contributed by atoms with Crippen LogP contribution in [0.1, 0.15) is 175 Å². The molecule has 0 radical (unpaired) electrons. The maximum absolute atomic E-state index is 16.1. The van der Waals surface area contributed by atoms with Gasteiger partial charge in [0.2, 0.25) is 17.7 Å². The van der Waals surface area contributed by atoms with E-state index >= 15 is 13.2 Å². The Morgan fingerprint density at radius 1 is 0.374 bits per heavy atom. The van der Waals surface area contributed by atoms with Crippen molar-refractivity contribution in [2.45, 2.75) is 148 Å².